The summed E-state index contributed by atoms with van der Waals surface area (Å²) in [5, 5.41) is 7.47. The molecule has 0 bridgehead atoms. The van der Waals surface area contributed by atoms with Crippen LogP contribution in [0.25, 0.3) is 0 Å². The molecule has 2 aromatic heterocycles. The van der Waals surface area contributed by atoms with E-state index in [1.165, 1.54) is 11.1 Å². The van der Waals surface area contributed by atoms with Crippen LogP contribution in [0.2, 0.25) is 0 Å². The van der Waals surface area contributed by atoms with Crippen LogP contribution in [0, 0.1) is 0 Å². The molecule has 0 aliphatic carbocycles. The molecule has 1 saturated heterocycles. The van der Waals surface area contributed by atoms with E-state index >= 15 is 0 Å². The predicted molar refractivity (Wildman–Crippen MR) is 131 cm³/mol. The van der Waals surface area contributed by atoms with Crippen LogP contribution < -0.4 is 5.32 Å². The van der Waals surface area contributed by atoms with Crippen LogP contribution in [-0.2, 0) is 19.6 Å². The average molecular weight is 535 g/mol. The molecular weight excluding hydrogens is 505 g/mol. The minimum atomic E-state index is 0. The topological polar surface area (TPSA) is 74.7 Å². The van der Waals surface area contributed by atoms with Gasteiger partial charge in [-0.15, -0.1) is 24.0 Å². The molecule has 3 aromatic rings. The number of nitrogens with one attached hydrogen (secondary N) is 1. The number of hydrogen-bond acceptors (Lipinski definition) is 5. The van der Waals surface area contributed by atoms with Gasteiger partial charge < -0.3 is 19.3 Å². The van der Waals surface area contributed by atoms with Crippen LogP contribution in [0.4, 0.5) is 0 Å². The van der Waals surface area contributed by atoms with Crippen LogP contribution in [0.3, 0.4) is 0 Å². The zero-order chi connectivity index (χ0) is 20.6. The number of benzene rings is 1. The molecule has 1 aliphatic rings. The zero-order valence-electron chi connectivity index (χ0n) is 17.9. The first-order valence-electron chi connectivity index (χ1n) is 10.5. The third kappa shape index (κ3) is 6.79. The van der Waals surface area contributed by atoms with Gasteiger partial charge in [0, 0.05) is 64.3 Å². The highest BCUT2D eigenvalue weighted by atomic mass is 127. The van der Waals surface area contributed by atoms with Crippen molar-refractivity contribution < 1.29 is 4.52 Å². The highest BCUT2D eigenvalue weighted by Gasteiger charge is 2.20. The Morgan fingerprint density at radius 1 is 1.13 bits per heavy atom. The number of nitrogens with zero attached hydrogens (tertiary/aromatic N) is 6. The maximum absolute atomic E-state index is 4.94. The molecule has 166 valence electrons. The molecule has 0 unspecified atom stereocenters. The third-order valence-corrected chi connectivity index (χ3v) is 5.21. The molecule has 4 rings (SSSR count). The van der Waals surface area contributed by atoms with Crippen LogP contribution in [-0.4, -0.2) is 63.2 Å². The number of imidazole rings is 1. The van der Waals surface area contributed by atoms with Crippen molar-refractivity contribution in [2.24, 2.45) is 4.99 Å². The second-order valence-corrected chi connectivity index (χ2v) is 7.48. The lowest BCUT2D eigenvalue weighted by molar-refractivity contribution is 0.169. The molecular formula is C22H30IN7O. The fraction of sp³-hybridized carbons (Fsp3) is 0.409. The van der Waals surface area contributed by atoms with Gasteiger partial charge in [0.25, 0.3) is 0 Å². The highest BCUT2D eigenvalue weighted by molar-refractivity contribution is 14.0. The summed E-state index contributed by atoms with van der Waals surface area (Å²) >= 11 is 0. The fourth-order valence-corrected chi connectivity index (χ4v) is 3.68. The molecule has 9 heteroatoms. The van der Waals surface area contributed by atoms with Crippen molar-refractivity contribution in [2.45, 2.75) is 26.6 Å². The van der Waals surface area contributed by atoms with Crippen molar-refractivity contribution >= 4 is 29.9 Å². The van der Waals surface area contributed by atoms with Gasteiger partial charge in [-0.1, -0.05) is 29.4 Å². The first-order chi connectivity index (χ1) is 14.8. The van der Waals surface area contributed by atoms with E-state index in [4.69, 9.17) is 9.52 Å². The maximum atomic E-state index is 4.94. The van der Waals surface area contributed by atoms with E-state index in [-0.39, 0.29) is 24.0 Å². The van der Waals surface area contributed by atoms with Crippen molar-refractivity contribution in [3.05, 3.63) is 72.1 Å². The van der Waals surface area contributed by atoms with Gasteiger partial charge in [-0.25, -0.2) is 9.98 Å². The lowest BCUT2D eigenvalue weighted by Crippen LogP contribution is -2.52. The van der Waals surface area contributed by atoms with E-state index in [2.05, 4.69) is 61.0 Å². The number of rotatable bonds is 7. The lowest BCUT2D eigenvalue weighted by atomic mass is 10.1. The minimum Gasteiger partial charge on any atom is -0.364 e. The second-order valence-electron chi connectivity index (χ2n) is 7.48. The van der Waals surface area contributed by atoms with E-state index < -0.39 is 0 Å². The van der Waals surface area contributed by atoms with Gasteiger partial charge in [0.05, 0.1) is 18.6 Å². The summed E-state index contributed by atoms with van der Waals surface area (Å²) in [6.45, 7) is 9.16. The molecule has 1 aromatic carbocycles. The molecule has 1 N–H and O–H groups in total. The van der Waals surface area contributed by atoms with Crippen molar-refractivity contribution in [1.82, 2.24) is 29.8 Å². The monoisotopic (exact) mass is 535 g/mol. The molecule has 1 aliphatic heterocycles. The van der Waals surface area contributed by atoms with Crippen molar-refractivity contribution in [1.29, 1.82) is 0 Å². The van der Waals surface area contributed by atoms with E-state index in [1.54, 1.807) is 6.26 Å². The molecule has 0 atom stereocenters. The fourth-order valence-electron chi connectivity index (χ4n) is 3.68. The van der Waals surface area contributed by atoms with Crippen LogP contribution in [0.15, 0.2) is 64.8 Å². The Bertz CT molecular complexity index is 919. The van der Waals surface area contributed by atoms with E-state index in [0.29, 0.717) is 6.54 Å². The number of piperazine rings is 1. The van der Waals surface area contributed by atoms with Gasteiger partial charge in [0.1, 0.15) is 6.26 Å². The standard InChI is InChI=1S/C22H29N7O.HI/c1-2-24-22(29-11-9-27(10-12-29)17-21-6-13-30-26-21)25-15-19-4-3-5-20(14-19)16-28-8-7-23-18-28;/h3-8,13-14,18H,2,9-12,15-17H2,1H3,(H,24,25);1H. The Kier molecular flexibility index (Phi) is 8.89. The number of guanidine groups is 1. The van der Waals surface area contributed by atoms with Gasteiger partial charge in [0.2, 0.25) is 0 Å². The molecule has 31 heavy (non-hydrogen) atoms. The summed E-state index contributed by atoms with van der Waals surface area (Å²) in [5.74, 6) is 0.985. The average Bonchev–Trinajstić information content (AvgIpc) is 3.47. The quantitative estimate of drug-likeness (QED) is 0.285. The number of halogens is 1. The highest BCUT2D eigenvalue weighted by Crippen LogP contribution is 2.11. The third-order valence-electron chi connectivity index (χ3n) is 5.21. The second kappa shape index (κ2) is 11.8. The van der Waals surface area contributed by atoms with Crippen molar-refractivity contribution in [3.63, 3.8) is 0 Å². The number of hydrogen-bond donors (Lipinski definition) is 1. The van der Waals surface area contributed by atoms with Crippen molar-refractivity contribution in [2.75, 3.05) is 32.7 Å². The molecule has 0 amide bonds. The Labute approximate surface area is 200 Å². The van der Waals surface area contributed by atoms with Crippen LogP contribution in [0.5, 0.6) is 0 Å². The van der Waals surface area contributed by atoms with E-state index in [1.807, 2.05) is 24.8 Å². The van der Waals surface area contributed by atoms with Crippen LogP contribution >= 0.6 is 24.0 Å². The minimum absolute atomic E-state index is 0. The van der Waals surface area contributed by atoms with Gasteiger partial charge in [-0.05, 0) is 18.1 Å². The van der Waals surface area contributed by atoms with E-state index in [0.717, 1.165) is 57.5 Å². The molecule has 1 fully saturated rings. The smallest absolute Gasteiger partial charge is 0.194 e. The summed E-state index contributed by atoms with van der Waals surface area (Å²) in [5.41, 5.74) is 3.46. The molecule has 8 nitrogen and oxygen atoms in total. The summed E-state index contributed by atoms with van der Waals surface area (Å²) in [6, 6.07) is 10.5. The van der Waals surface area contributed by atoms with Gasteiger partial charge in [-0.3, -0.25) is 4.90 Å². The first kappa shape index (κ1) is 23.3. The SMILES string of the molecule is CCNC(=NCc1cccc(Cn2ccnc2)c1)N1CCN(Cc2ccon2)CC1.I. The normalized spacial score (nSPS) is 15.0. The Balaban J connectivity index is 0.00000272. The molecule has 0 radical (unpaired) electrons. The van der Waals surface area contributed by atoms with Gasteiger partial charge in [-0.2, -0.15) is 0 Å². The number of aromatic nitrogens is 3. The van der Waals surface area contributed by atoms with Crippen LogP contribution in [0.1, 0.15) is 23.7 Å². The van der Waals surface area contributed by atoms with Gasteiger partial charge >= 0.3 is 0 Å². The zero-order valence-corrected chi connectivity index (χ0v) is 20.2. The Hall–Kier alpha value is -2.40. The largest absolute Gasteiger partial charge is 0.364 e. The first-order valence-corrected chi connectivity index (χ1v) is 10.5. The molecule has 3 heterocycles. The molecule has 0 saturated carbocycles. The van der Waals surface area contributed by atoms with Crippen molar-refractivity contribution in [3.8, 4) is 0 Å². The predicted octanol–water partition coefficient (Wildman–Crippen LogP) is 2.82. The Morgan fingerprint density at radius 2 is 1.97 bits per heavy atom. The summed E-state index contributed by atoms with van der Waals surface area (Å²) in [7, 11) is 0. The van der Waals surface area contributed by atoms with E-state index in [9.17, 15) is 0 Å². The summed E-state index contributed by atoms with van der Waals surface area (Å²) in [4.78, 5) is 13.8. The summed E-state index contributed by atoms with van der Waals surface area (Å²) < 4.78 is 7.01. The molecule has 0 spiro atoms. The Morgan fingerprint density at radius 3 is 2.68 bits per heavy atom. The number of aliphatic imine (C=N–C) groups is 1. The maximum Gasteiger partial charge on any atom is 0.194 e. The summed E-state index contributed by atoms with van der Waals surface area (Å²) in [6.07, 6.45) is 7.26. The van der Waals surface area contributed by atoms with Gasteiger partial charge in [0.15, 0.2) is 5.96 Å². The lowest BCUT2D eigenvalue weighted by Gasteiger charge is -2.36.